The van der Waals surface area contributed by atoms with Crippen molar-refractivity contribution in [1.82, 2.24) is 15.0 Å². The van der Waals surface area contributed by atoms with Gasteiger partial charge in [-0.2, -0.15) is 4.98 Å². The average molecular weight is 261 g/mol. The van der Waals surface area contributed by atoms with Gasteiger partial charge >= 0.3 is 0 Å². The number of aliphatic hydroxyl groups is 1. The molecule has 6 nitrogen and oxygen atoms in total. The molecule has 0 amide bonds. The molecule has 2 rings (SSSR count). The smallest absolute Gasteiger partial charge is 0.222 e. The van der Waals surface area contributed by atoms with Crippen LogP contribution in [0.3, 0.4) is 0 Å². The van der Waals surface area contributed by atoms with Crippen molar-refractivity contribution >= 4 is 22.7 Å². The fourth-order valence-electron chi connectivity index (χ4n) is 2.11. The second-order valence-electron chi connectivity index (χ2n) is 4.92. The van der Waals surface area contributed by atoms with Crippen LogP contribution in [0.4, 0.5) is 11.8 Å². The molecule has 0 aromatic carbocycles. The molecular formula is C13H19N5O. The summed E-state index contributed by atoms with van der Waals surface area (Å²) in [6.45, 7) is 4.06. The molecule has 19 heavy (non-hydrogen) atoms. The van der Waals surface area contributed by atoms with Gasteiger partial charge in [0.15, 0.2) is 0 Å². The normalized spacial score (nSPS) is 14.3. The molecule has 1 unspecified atom stereocenters. The number of hydrogen-bond acceptors (Lipinski definition) is 6. The van der Waals surface area contributed by atoms with E-state index in [0.29, 0.717) is 11.3 Å². The van der Waals surface area contributed by atoms with Gasteiger partial charge in [0.1, 0.15) is 5.82 Å². The third kappa shape index (κ3) is 2.90. The number of hydrogen-bond donors (Lipinski definition) is 3. The maximum Gasteiger partial charge on any atom is 0.222 e. The van der Waals surface area contributed by atoms with Crippen molar-refractivity contribution in [1.29, 1.82) is 0 Å². The molecule has 1 atom stereocenters. The van der Waals surface area contributed by atoms with Crippen LogP contribution in [0.5, 0.6) is 0 Å². The predicted octanol–water partition coefficient (Wildman–Crippen LogP) is 1.57. The first-order valence-corrected chi connectivity index (χ1v) is 6.34. The number of nitrogens with two attached hydrogens (primary N) is 1. The van der Waals surface area contributed by atoms with Crippen molar-refractivity contribution in [2.75, 3.05) is 17.7 Å². The minimum Gasteiger partial charge on any atom is -0.394 e. The molecule has 6 heteroatoms. The van der Waals surface area contributed by atoms with Crippen LogP contribution in [-0.4, -0.2) is 32.2 Å². The van der Waals surface area contributed by atoms with Crippen LogP contribution in [0, 0.1) is 0 Å². The van der Waals surface area contributed by atoms with Gasteiger partial charge < -0.3 is 16.2 Å². The van der Waals surface area contributed by atoms with Crippen molar-refractivity contribution in [3.63, 3.8) is 0 Å². The molecule has 2 aromatic rings. The third-order valence-corrected chi connectivity index (χ3v) is 3.09. The Labute approximate surface area is 112 Å². The quantitative estimate of drug-likeness (QED) is 0.756. The second kappa shape index (κ2) is 5.36. The fraction of sp³-hybridized carbons (Fsp3) is 0.462. The fourth-order valence-corrected chi connectivity index (χ4v) is 2.11. The Balaban J connectivity index is 2.44. The lowest BCUT2D eigenvalue weighted by Crippen LogP contribution is -2.39. The summed E-state index contributed by atoms with van der Waals surface area (Å²) in [5.41, 5.74) is 5.97. The zero-order valence-electron chi connectivity index (χ0n) is 11.2. The van der Waals surface area contributed by atoms with E-state index in [1.807, 2.05) is 13.0 Å². The van der Waals surface area contributed by atoms with Crippen molar-refractivity contribution in [3.8, 4) is 0 Å². The van der Waals surface area contributed by atoms with Crippen LogP contribution in [0.1, 0.15) is 26.7 Å². The summed E-state index contributed by atoms with van der Waals surface area (Å²) < 4.78 is 0. The topological polar surface area (TPSA) is 97.0 Å². The Morgan fingerprint density at radius 1 is 1.42 bits per heavy atom. The number of pyridine rings is 1. The van der Waals surface area contributed by atoms with E-state index in [1.54, 1.807) is 12.4 Å². The predicted molar refractivity (Wildman–Crippen MR) is 75.8 cm³/mol. The molecule has 0 spiro atoms. The maximum atomic E-state index is 9.57. The number of fused-ring (bicyclic) bond motifs is 1. The van der Waals surface area contributed by atoms with Crippen LogP contribution in [0.15, 0.2) is 18.5 Å². The molecule has 0 saturated heterocycles. The largest absolute Gasteiger partial charge is 0.394 e. The Morgan fingerprint density at radius 2 is 2.21 bits per heavy atom. The summed E-state index contributed by atoms with van der Waals surface area (Å²) in [5.74, 6) is 0.828. The van der Waals surface area contributed by atoms with Crippen molar-refractivity contribution in [2.24, 2.45) is 0 Å². The highest BCUT2D eigenvalue weighted by atomic mass is 16.3. The molecule has 0 aliphatic carbocycles. The van der Waals surface area contributed by atoms with Crippen LogP contribution in [0.2, 0.25) is 0 Å². The molecule has 2 heterocycles. The van der Waals surface area contributed by atoms with E-state index in [1.165, 1.54) is 0 Å². The maximum absolute atomic E-state index is 9.57. The lowest BCUT2D eigenvalue weighted by molar-refractivity contribution is 0.214. The zero-order valence-corrected chi connectivity index (χ0v) is 11.2. The summed E-state index contributed by atoms with van der Waals surface area (Å²) >= 11 is 0. The molecule has 102 valence electrons. The van der Waals surface area contributed by atoms with Gasteiger partial charge in [0.25, 0.3) is 0 Å². The lowest BCUT2D eigenvalue weighted by Gasteiger charge is -2.29. The summed E-state index contributed by atoms with van der Waals surface area (Å²) in [7, 11) is 0. The molecule has 0 radical (unpaired) electrons. The SMILES string of the molecule is CCCC(C)(CO)Nc1nc(N)nc2cnccc12. The molecule has 0 bridgehead atoms. The van der Waals surface area contributed by atoms with Gasteiger partial charge in [0.05, 0.1) is 23.9 Å². The number of aliphatic hydroxyl groups excluding tert-OH is 1. The van der Waals surface area contributed by atoms with Gasteiger partial charge in [-0.05, 0) is 19.4 Å². The van der Waals surface area contributed by atoms with E-state index in [-0.39, 0.29) is 12.6 Å². The van der Waals surface area contributed by atoms with Gasteiger partial charge in [0, 0.05) is 11.6 Å². The molecule has 4 N–H and O–H groups in total. The number of rotatable bonds is 5. The van der Waals surface area contributed by atoms with Gasteiger partial charge in [-0.3, -0.25) is 4.98 Å². The summed E-state index contributed by atoms with van der Waals surface area (Å²) in [4.78, 5) is 12.4. The van der Waals surface area contributed by atoms with Gasteiger partial charge in [-0.1, -0.05) is 13.3 Å². The van der Waals surface area contributed by atoms with Crippen LogP contribution in [-0.2, 0) is 0 Å². The van der Waals surface area contributed by atoms with E-state index >= 15 is 0 Å². The van der Waals surface area contributed by atoms with Gasteiger partial charge in [-0.15, -0.1) is 0 Å². The molecule has 2 aromatic heterocycles. The van der Waals surface area contributed by atoms with Crippen molar-refractivity contribution in [2.45, 2.75) is 32.2 Å². The van der Waals surface area contributed by atoms with Crippen LogP contribution in [0.25, 0.3) is 10.9 Å². The highest BCUT2D eigenvalue weighted by Crippen LogP contribution is 2.25. The van der Waals surface area contributed by atoms with Gasteiger partial charge in [0.2, 0.25) is 5.95 Å². The Bertz CT molecular complexity index is 574. The Hall–Kier alpha value is -1.95. The molecular weight excluding hydrogens is 242 g/mol. The molecule has 0 saturated carbocycles. The minimum absolute atomic E-state index is 0.0251. The Morgan fingerprint density at radius 3 is 2.89 bits per heavy atom. The Kier molecular flexibility index (Phi) is 3.80. The summed E-state index contributed by atoms with van der Waals surface area (Å²) in [6, 6.07) is 1.83. The first kappa shape index (κ1) is 13.5. The van der Waals surface area contributed by atoms with E-state index in [2.05, 4.69) is 27.2 Å². The minimum atomic E-state index is -0.425. The zero-order chi connectivity index (χ0) is 13.9. The third-order valence-electron chi connectivity index (χ3n) is 3.09. The van der Waals surface area contributed by atoms with E-state index in [0.717, 1.165) is 18.2 Å². The molecule has 0 fully saturated rings. The molecule has 0 aliphatic heterocycles. The lowest BCUT2D eigenvalue weighted by atomic mass is 9.97. The number of aromatic nitrogens is 3. The van der Waals surface area contributed by atoms with Crippen LogP contribution < -0.4 is 11.1 Å². The number of nitrogen functional groups attached to an aromatic ring is 1. The van der Waals surface area contributed by atoms with E-state index < -0.39 is 5.54 Å². The first-order valence-electron chi connectivity index (χ1n) is 6.34. The van der Waals surface area contributed by atoms with E-state index in [9.17, 15) is 5.11 Å². The second-order valence-corrected chi connectivity index (χ2v) is 4.92. The van der Waals surface area contributed by atoms with Crippen LogP contribution >= 0.6 is 0 Å². The number of nitrogens with one attached hydrogen (secondary N) is 1. The van der Waals surface area contributed by atoms with Gasteiger partial charge in [-0.25, -0.2) is 4.98 Å². The summed E-state index contributed by atoms with van der Waals surface area (Å²) in [6.07, 6.45) is 5.13. The highest BCUT2D eigenvalue weighted by Gasteiger charge is 2.23. The first-order chi connectivity index (χ1) is 9.08. The van der Waals surface area contributed by atoms with Crippen molar-refractivity contribution < 1.29 is 5.11 Å². The van der Waals surface area contributed by atoms with Crippen molar-refractivity contribution in [3.05, 3.63) is 18.5 Å². The average Bonchev–Trinajstić information content (AvgIpc) is 2.39. The van der Waals surface area contributed by atoms with E-state index in [4.69, 9.17) is 5.73 Å². The number of anilines is 2. The standard InChI is InChI=1S/C13H19N5O/c1-3-5-13(2,8-19)18-11-9-4-6-15-7-10(9)16-12(14)17-11/h4,6-7,19H,3,5,8H2,1-2H3,(H3,14,16,17,18). The highest BCUT2D eigenvalue weighted by molar-refractivity contribution is 5.89. The molecule has 0 aliphatic rings. The number of nitrogens with zero attached hydrogens (tertiary/aromatic N) is 3. The monoisotopic (exact) mass is 261 g/mol. The summed E-state index contributed by atoms with van der Waals surface area (Å²) in [5, 5.41) is 13.7.